The van der Waals surface area contributed by atoms with E-state index in [-0.39, 0.29) is 21.4 Å². The first-order chi connectivity index (χ1) is 11.8. The molecule has 0 radical (unpaired) electrons. The third-order valence-corrected chi connectivity index (χ3v) is 4.26. The molecule has 0 saturated heterocycles. The Hall–Kier alpha value is -2.16. The number of aryl methyl sites for hydroxylation is 1. The molecule has 1 aromatic heterocycles. The van der Waals surface area contributed by atoms with Crippen molar-refractivity contribution in [3.8, 4) is 0 Å². The zero-order chi connectivity index (χ0) is 19.9. The van der Waals surface area contributed by atoms with Gasteiger partial charge in [-0.15, -0.1) is 0 Å². The minimum Gasteiger partial charge on any atom is -0.322 e. The fraction of sp³-hybridized carbons (Fsp3) is 0.353. The van der Waals surface area contributed by atoms with E-state index >= 15 is 0 Å². The molecule has 0 unspecified atom stereocenters. The number of hydrogen-bond acceptors (Lipinski definition) is 3. The van der Waals surface area contributed by atoms with E-state index in [1.807, 2.05) is 20.8 Å². The van der Waals surface area contributed by atoms with Crippen molar-refractivity contribution in [1.82, 2.24) is 9.97 Å². The number of alkyl halides is 3. The van der Waals surface area contributed by atoms with Crippen LogP contribution >= 0.6 is 15.9 Å². The molecule has 26 heavy (non-hydrogen) atoms. The number of H-pyrrole nitrogens is 1. The monoisotopic (exact) mass is 431 g/mol. The second-order valence-electron chi connectivity index (χ2n) is 6.77. The van der Waals surface area contributed by atoms with Crippen molar-refractivity contribution in [2.75, 3.05) is 5.32 Å². The van der Waals surface area contributed by atoms with Crippen molar-refractivity contribution in [2.45, 2.75) is 39.3 Å². The third kappa shape index (κ3) is 4.32. The number of benzene rings is 1. The number of anilines is 1. The molecule has 5 nitrogen and oxygen atoms in total. The lowest BCUT2D eigenvalue weighted by Gasteiger charge is -2.18. The molecule has 1 amide bonds. The minimum absolute atomic E-state index is 0.0794. The van der Waals surface area contributed by atoms with Crippen LogP contribution in [0.25, 0.3) is 0 Å². The zero-order valence-corrected chi connectivity index (χ0v) is 16.1. The molecule has 1 aromatic carbocycles. The summed E-state index contributed by atoms with van der Waals surface area (Å²) >= 11 is 2.83. The summed E-state index contributed by atoms with van der Waals surface area (Å²) in [5.74, 6) is -0.410. The highest BCUT2D eigenvalue weighted by molar-refractivity contribution is 9.10. The van der Waals surface area contributed by atoms with E-state index < -0.39 is 28.6 Å². The standard InChI is InChI=1S/C17H17BrF3N3O2/c1-8-12(14(26)24-15(22-8)16(2,3)4)13(25)23-9-5-6-11(18)10(7-9)17(19,20)21/h5-7H,1-4H3,(H,23,25)(H,22,24,26). The van der Waals surface area contributed by atoms with Crippen LogP contribution in [-0.2, 0) is 11.6 Å². The van der Waals surface area contributed by atoms with Gasteiger partial charge in [-0.2, -0.15) is 13.2 Å². The Balaban J connectivity index is 2.39. The molecule has 0 fully saturated rings. The number of nitrogens with zero attached hydrogens (tertiary/aromatic N) is 1. The van der Waals surface area contributed by atoms with Crippen molar-refractivity contribution in [3.63, 3.8) is 0 Å². The van der Waals surface area contributed by atoms with E-state index in [9.17, 15) is 22.8 Å². The number of aromatic amines is 1. The number of amides is 1. The maximum Gasteiger partial charge on any atom is 0.417 e. The van der Waals surface area contributed by atoms with Crippen molar-refractivity contribution in [2.24, 2.45) is 0 Å². The van der Waals surface area contributed by atoms with Crippen LogP contribution < -0.4 is 10.9 Å². The molecule has 1 heterocycles. The van der Waals surface area contributed by atoms with E-state index in [1.54, 1.807) is 0 Å². The summed E-state index contributed by atoms with van der Waals surface area (Å²) in [6, 6.07) is 3.27. The van der Waals surface area contributed by atoms with Crippen LogP contribution in [0.1, 0.15) is 48.2 Å². The highest BCUT2D eigenvalue weighted by atomic mass is 79.9. The van der Waals surface area contributed by atoms with Gasteiger partial charge in [-0.3, -0.25) is 9.59 Å². The molecule has 2 N–H and O–H groups in total. The molecule has 2 aromatic rings. The van der Waals surface area contributed by atoms with Gasteiger partial charge in [-0.05, 0) is 25.1 Å². The average molecular weight is 432 g/mol. The Labute approximate surface area is 156 Å². The quantitative estimate of drug-likeness (QED) is 0.739. The molecule has 0 atom stereocenters. The smallest absolute Gasteiger partial charge is 0.322 e. The number of halogens is 4. The summed E-state index contributed by atoms with van der Waals surface area (Å²) in [5, 5.41) is 2.32. The zero-order valence-electron chi connectivity index (χ0n) is 14.5. The fourth-order valence-electron chi connectivity index (χ4n) is 2.22. The molecule has 0 aliphatic heterocycles. The first kappa shape index (κ1) is 20.2. The number of hydrogen-bond donors (Lipinski definition) is 2. The van der Waals surface area contributed by atoms with Crippen LogP contribution in [0.4, 0.5) is 18.9 Å². The Morgan fingerprint density at radius 1 is 1.23 bits per heavy atom. The third-order valence-electron chi connectivity index (χ3n) is 3.57. The van der Waals surface area contributed by atoms with Crippen molar-refractivity contribution < 1.29 is 18.0 Å². The number of carbonyl (C=O) groups is 1. The number of carbonyl (C=O) groups excluding carboxylic acids is 1. The molecule has 0 bridgehead atoms. The maximum atomic E-state index is 13.0. The first-order valence-corrected chi connectivity index (χ1v) is 8.39. The van der Waals surface area contributed by atoms with Crippen LogP contribution in [0.3, 0.4) is 0 Å². The maximum absolute atomic E-state index is 13.0. The average Bonchev–Trinajstić information content (AvgIpc) is 2.46. The Kier molecular flexibility index (Phi) is 5.32. The predicted octanol–water partition coefficient (Wildman–Crippen LogP) is 4.41. The van der Waals surface area contributed by atoms with Crippen LogP contribution in [0.5, 0.6) is 0 Å². The summed E-state index contributed by atoms with van der Waals surface area (Å²) in [5.41, 5.74) is -2.12. The summed E-state index contributed by atoms with van der Waals surface area (Å²) in [7, 11) is 0. The largest absolute Gasteiger partial charge is 0.417 e. The molecule has 0 aliphatic carbocycles. The van der Waals surface area contributed by atoms with Gasteiger partial charge in [0.25, 0.3) is 11.5 Å². The van der Waals surface area contributed by atoms with Gasteiger partial charge >= 0.3 is 6.18 Å². The van der Waals surface area contributed by atoms with Gasteiger partial charge in [0.15, 0.2) is 0 Å². The Morgan fingerprint density at radius 2 is 1.85 bits per heavy atom. The summed E-state index contributed by atoms with van der Waals surface area (Å²) in [6.45, 7) is 7.06. The normalized spacial score (nSPS) is 12.2. The molecule has 140 valence electrons. The lowest BCUT2D eigenvalue weighted by Crippen LogP contribution is -2.30. The molecule has 2 rings (SSSR count). The van der Waals surface area contributed by atoms with Gasteiger partial charge in [-0.1, -0.05) is 36.7 Å². The van der Waals surface area contributed by atoms with Crippen LogP contribution in [0.15, 0.2) is 27.5 Å². The lowest BCUT2D eigenvalue weighted by atomic mass is 9.95. The number of aromatic nitrogens is 2. The Morgan fingerprint density at radius 3 is 2.35 bits per heavy atom. The van der Waals surface area contributed by atoms with Crippen molar-refractivity contribution in [3.05, 3.63) is 55.7 Å². The van der Waals surface area contributed by atoms with Gasteiger partial charge < -0.3 is 10.3 Å². The Bertz CT molecular complexity index is 915. The number of nitrogens with one attached hydrogen (secondary N) is 2. The minimum atomic E-state index is -4.58. The van der Waals surface area contributed by atoms with E-state index in [0.29, 0.717) is 5.82 Å². The van der Waals surface area contributed by atoms with Crippen LogP contribution in [-0.4, -0.2) is 15.9 Å². The van der Waals surface area contributed by atoms with Crippen molar-refractivity contribution >= 4 is 27.5 Å². The molecule has 0 spiro atoms. The summed E-state index contributed by atoms with van der Waals surface area (Å²) < 4.78 is 38.8. The topological polar surface area (TPSA) is 74.8 Å². The molecule has 9 heteroatoms. The lowest BCUT2D eigenvalue weighted by molar-refractivity contribution is -0.138. The first-order valence-electron chi connectivity index (χ1n) is 7.60. The van der Waals surface area contributed by atoms with Gasteiger partial charge in [0.1, 0.15) is 11.4 Å². The highest BCUT2D eigenvalue weighted by Gasteiger charge is 2.33. The second-order valence-corrected chi connectivity index (χ2v) is 7.63. The van der Waals surface area contributed by atoms with E-state index in [2.05, 4.69) is 31.2 Å². The summed E-state index contributed by atoms with van der Waals surface area (Å²) in [6.07, 6.45) is -4.58. The highest BCUT2D eigenvalue weighted by Crippen LogP contribution is 2.36. The molecular weight excluding hydrogens is 415 g/mol. The fourth-order valence-corrected chi connectivity index (χ4v) is 2.69. The van der Waals surface area contributed by atoms with Gasteiger partial charge in [0, 0.05) is 15.6 Å². The van der Waals surface area contributed by atoms with Gasteiger partial charge in [0.2, 0.25) is 0 Å². The SMILES string of the molecule is Cc1nc(C(C)(C)C)[nH]c(=O)c1C(=O)Nc1ccc(Br)c(C(F)(F)F)c1. The van der Waals surface area contributed by atoms with E-state index in [4.69, 9.17) is 0 Å². The number of rotatable bonds is 2. The van der Waals surface area contributed by atoms with Crippen LogP contribution in [0, 0.1) is 6.92 Å². The van der Waals surface area contributed by atoms with Crippen molar-refractivity contribution in [1.29, 1.82) is 0 Å². The molecular formula is C17H17BrF3N3O2. The van der Waals surface area contributed by atoms with Gasteiger partial charge in [-0.25, -0.2) is 4.98 Å². The second kappa shape index (κ2) is 6.86. The molecule has 0 aliphatic rings. The summed E-state index contributed by atoms with van der Waals surface area (Å²) in [4.78, 5) is 31.5. The van der Waals surface area contributed by atoms with Crippen LogP contribution in [0.2, 0.25) is 0 Å². The predicted molar refractivity (Wildman–Crippen MR) is 95.4 cm³/mol. The van der Waals surface area contributed by atoms with E-state index in [0.717, 1.165) is 6.07 Å². The van der Waals surface area contributed by atoms with E-state index in [1.165, 1.54) is 19.1 Å². The molecule has 0 saturated carbocycles. The van der Waals surface area contributed by atoms with Gasteiger partial charge in [0.05, 0.1) is 11.3 Å².